The Labute approximate surface area is 247 Å². The number of hydrogen-bond donors (Lipinski definition) is 8. The molecule has 2 aromatic rings. The summed E-state index contributed by atoms with van der Waals surface area (Å²) in [6, 6.07) is 8.60. The molecule has 5 rings (SSSR count). The van der Waals surface area contributed by atoms with Crippen LogP contribution in [0.4, 0.5) is 10.1 Å². The first-order chi connectivity index (χ1) is 19.8. The third-order valence-electron chi connectivity index (χ3n) is 7.83. The molecular weight excluding hydrogens is 568 g/mol. The van der Waals surface area contributed by atoms with Gasteiger partial charge in [0.05, 0.1) is 5.44 Å². The Morgan fingerprint density at radius 1 is 0.977 bits per heavy atom. The van der Waals surface area contributed by atoms with E-state index >= 15 is 4.39 Å². The van der Waals surface area contributed by atoms with Gasteiger partial charge in [-0.2, -0.15) is 0 Å². The first kappa shape index (κ1) is 31.1. The van der Waals surface area contributed by atoms with E-state index in [1.165, 1.54) is 23.1 Å². The van der Waals surface area contributed by atoms with Gasteiger partial charge < -0.3 is 40.9 Å². The molecule has 3 unspecified atom stereocenters. The predicted molar refractivity (Wildman–Crippen MR) is 143 cm³/mol. The number of amides is 3. The largest absolute Gasteiger partial charge is 0.381 e. The highest BCUT2D eigenvalue weighted by molar-refractivity contribution is 6.32. The van der Waals surface area contributed by atoms with E-state index in [1.54, 1.807) is 12.1 Å². The highest BCUT2D eigenvalue weighted by Gasteiger charge is 2.69. The number of fused-ring (bicyclic) bond motifs is 1. The summed E-state index contributed by atoms with van der Waals surface area (Å²) in [5, 5.41) is 66.4. The van der Waals surface area contributed by atoms with Gasteiger partial charge in [0, 0.05) is 54.0 Å². The highest BCUT2D eigenvalue weighted by atomic mass is 19.1. The second-order valence-corrected chi connectivity index (χ2v) is 10.6. The average Bonchev–Trinajstić information content (AvgIpc) is 3.25. The summed E-state index contributed by atoms with van der Waals surface area (Å²) in [6.07, 6.45) is -0.123. The lowest BCUT2D eigenvalue weighted by Gasteiger charge is -2.59. The number of benzene rings is 2. The minimum absolute atomic E-state index is 0.00526. The van der Waals surface area contributed by atoms with Crippen molar-refractivity contribution < 1.29 is 54.2 Å². The number of carbonyl (C=O) groups excluding carboxylic acids is 3. The summed E-state index contributed by atoms with van der Waals surface area (Å²) in [4.78, 5) is 38.4. The second-order valence-electron chi connectivity index (χ2n) is 10.6. The molecule has 0 spiro atoms. The van der Waals surface area contributed by atoms with E-state index in [1.807, 2.05) is 0 Å². The Morgan fingerprint density at radius 3 is 2.30 bits per heavy atom. The van der Waals surface area contributed by atoms with Crippen molar-refractivity contribution in [2.45, 2.75) is 61.1 Å². The van der Waals surface area contributed by atoms with Crippen LogP contribution in [0.2, 0.25) is 0 Å². The zero-order chi connectivity index (χ0) is 31.8. The van der Waals surface area contributed by atoms with Gasteiger partial charge in [-0.3, -0.25) is 24.4 Å². The molecule has 6 radical (unpaired) electrons. The monoisotopic (exact) mass is 592 g/mol. The Morgan fingerprint density at radius 2 is 1.63 bits per heavy atom. The van der Waals surface area contributed by atoms with Crippen molar-refractivity contribution in [2.24, 2.45) is 0 Å². The molecule has 2 aromatic carbocycles. The number of piperidine rings is 1. The molecule has 2 fully saturated rings. The smallest absolute Gasteiger partial charge is 0.315 e. The molecule has 14 nitrogen and oxygen atoms in total. The molecule has 8 N–H and O–H groups in total. The fourth-order valence-corrected chi connectivity index (χ4v) is 5.24. The molecule has 2 saturated heterocycles. The first-order valence-electron chi connectivity index (χ1n) is 12.8. The van der Waals surface area contributed by atoms with Gasteiger partial charge in [0.25, 0.3) is 11.8 Å². The summed E-state index contributed by atoms with van der Waals surface area (Å²) in [5.74, 6) is -10.4. The van der Waals surface area contributed by atoms with Crippen LogP contribution in [-0.2, 0) is 34.0 Å². The van der Waals surface area contributed by atoms with Crippen molar-refractivity contribution >= 4 is 46.9 Å². The molecule has 0 aromatic heterocycles. The molecule has 43 heavy (non-hydrogen) atoms. The lowest BCUT2D eigenvalue weighted by Crippen LogP contribution is -2.84. The number of nitrogens with zero attached hydrogens (tertiary/aromatic N) is 2. The molecule has 0 saturated carbocycles. The highest BCUT2D eigenvalue weighted by Crippen LogP contribution is 2.42. The van der Waals surface area contributed by atoms with Crippen LogP contribution in [0.1, 0.15) is 39.9 Å². The van der Waals surface area contributed by atoms with E-state index in [0.717, 1.165) is 6.07 Å². The van der Waals surface area contributed by atoms with E-state index in [-0.39, 0.29) is 47.5 Å². The molecule has 0 bridgehead atoms. The summed E-state index contributed by atoms with van der Waals surface area (Å²) >= 11 is 0. The van der Waals surface area contributed by atoms with Gasteiger partial charge >= 0.3 is 5.97 Å². The molecular formula is C25H24B3FN4O10. The second kappa shape index (κ2) is 10.1. The zero-order valence-electron chi connectivity index (χ0n) is 22.3. The van der Waals surface area contributed by atoms with Crippen LogP contribution in [0.5, 0.6) is 0 Å². The number of halogens is 1. The van der Waals surface area contributed by atoms with Gasteiger partial charge in [0.2, 0.25) is 11.8 Å². The molecule has 3 aliphatic rings. The Balaban J connectivity index is 1.38. The van der Waals surface area contributed by atoms with Gasteiger partial charge in [-0.05, 0) is 18.6 Å². The van der Waals surface area contributed by atoms with Crippen LogP contribution in [0.15, 0.2) is 36.4 Å². The van der Waals surface area contributed by atoms with Gasteiger partial charge in [0.1, 0.15) is 21.5 Å². The fourth-order valence-electron chi connectivity index (χ4n) is 5.24. The Hall–Kier alpha value is -3.35. The quantitative estimate of drug-likeness (QED) is 0.0931. The van der Waals surface area contributed by atoms with Crippen LogP contribution in [0, 0.1) is 5.82 Å². The molecule has 220 valence electrons. The summed E-state index contributed by atoms with van der Waals surface area (Å²) in [5.41, 5.74) is -8.12. The molecule has 3 aliphatic heterocycles. The fraction of sp³-hybridized carbons (Fsp3) is 0.400. The van der Waals surface area contributed by atoms with Gasteiger partial charge in [-0.25, -0.2) is 9.29 Å². The van der Waals surface area contributed by atoms with E-state index in [2.05, 4.69) is 15.4 Å². The number of ether oxygens (including phenoxy) is 1. The number of carbonyl (C=O) groups is 3. The number of anilines is 1. The van der Waals surface area contributed by atoms with Crippen molar-refractivity contribution in [3.63, 3.8) is 0 Å². The summed E-state index contributed by atoms with van der Waals surface area (Å²) in [6.45, 7) is -1.30. The van der Waals surface area contributed by atoms with Crippen LogP contribution >= 0.6 is 0 Å². The van der Waals surface area contributed by atoms with Crippen LogP contribution < -0.4 is 10.6 Å². The number of rotatable bonds is 6. The molecule has 0 aliphatic carbocycles. The Bertz CT molecular complexity index is 1500. The topological polar surface area (TPSA) is 212 Å². The van der Waals surface area contributed by atoms with E-state index in [9.17, 15) is 45.0 Å². The van der Waals surface area contributed by atoms with Crippen molar-refractivity contribution in [1.29, 1.82) is 0 Å². The third kappa shape index (κ3) is 4.83. The van der Waals surface area contributed by atoms with Crippen molar-refractivity contribution in [2.75, 3.05) is 5.32 Å². The predicted octanol–water partition coefficient (Wildman–Crippen LogP) is -3.57. The lowest BCUT2D eigenvalue weighted by molar-refractivity contribution is -0.560. The maximum Gasteiger partial charge on any atom is 0.315 e. The SMILES string of the molecule is [B]C1(N2Cc3c(NCc4cccc(CN5C([B])(O)C(O)(O)OC([B])(O)C5(O)O)c4F)cccc3C2=O)CCC(=O)NC1=O. The van der Waals surface area contributed by atoms with Crippen LogP contribution in [0.3, 0.4) is 0 Å². The first-order valence-corrected chi connectivity index (χ1v) is 12.8. The number of nitrogens with one attached hydrogen (secondary N) is 2. The van der Waals surface area contributed by atoms with Crippen molar-refractivity contribution in [3.8, 4) is 0 Å². The summed E-state index contributed by atoms with van der Waals surface area (Å²) < 4.78 is 19.8. The molecule has 18 heteroatoms. The number of imide groups is 1. The van der Waals surface area contributed by atoms with Crippen molar-refractivity contribution in [3.05, 3.63) is 64.5 Å². The van der Waals surface area contributed by atoms with Gasteiger partial charge in [0.15, 0.2) is 19.2 Å². The number of hydrogen-bond acceptors (Lipinski definition) is 12. The molecule has 3 heterocycles. The maximum absolute atomic E-state index is 15.6. The zero-order valence-corrected chi connectivity index (χ0v) is 22.3. The van der Waals surface area contributed by atoms with Gasteiger partial charge in [-0.1, -0.05) is 24.3 Å². The minimum Gasteiger partial charge on any atom is -0.381 e. The minimum atomic E-state index is -3.84. The van der Waals surface area contributed by atoms with Crippen LogP contribution in [0.25, 0.3) is 0 Å². The van der Waals surface area contributed by atoms with Crippen LogP contribution in [-0.4, -0.2) is 110 Å². The summed E-state index contributed by atoms with van der Waals surface area (Å²) in [7, 11) is 17.0. The standard InChI is InChI=1S/C25H24B3FN4O10/c26-21(8-7-17(34)31-20(21)36)32-11-15-14(19(32)35)5-2-6-16(15)30-9-12-3-1-4-13(18(12)29)10-33-22(27,37)25(41,42)43-23(28,38)24(33,39)40/h1-6,30,37-42H,7-11H2,(H,31,34,36). The van der Waals surface area contributed by atoms with Gasteiger partial charge in [-0.15, -0.1) is 0 Å². The third-order valence-corrected chi connectivity index (χ3v) is 7.83. The maximum atomic E-state index is 15.6. The van der Waals surface area contributed by atoms with E-state index in [0.29, 0.717) is 11.3 Å². The Kier molecular flexibility index (Phi) is 7.30. The van der Waals surface area contributed by atoms with E-state index < -0.39 is 58.7 Å². The average molecular weight is 592 g/mol. The van der Waals surface area contributed by atoms with Crippen molar-refractivity contribution in [1.82, 2.24) is 15.1 Å². The number of aliphatic hydroxyl groups is 6. The molecule has 3 atom stereocenters. The lowest BCUT2D eigenvalue weighted by atomic mass is 9.70. The van der Waals surface area contributed by atoms with E-state index in [4.69, 9.17) is 23.5 Å². The molecule has 3 amide bonds. The normalized spacial score (nSPS) is 30.2. The number of morpholine rings is 1.